The molecule has 1 N–H and O–H groups in total. The van der Waals surface area contributed by atoms with Gasteiger partial charge in [-0.3, -0.25) is 4.98 Å². The molecule has 0 spiro atoms. The van der Waals surface area contributed by atoms with Crippen LogP contribution >= 0.6 is 0 Å². The molecule has 0 aliphatic heterocycles. The van der Waals surface area contributed by atoms with E-state index >= 15 is 0 Å². The third kappa shape index (κ3) is 2.41. The molecule has 0 radical (unpaired) electrons. The molecule has 0 saturated heterocycles. The normalized spacial score (nSPS) is 14.4. The molecule has 0 aliphatic carbocycles. The molecule has 2 heteroatoms. The molecule has 2 nitrogen and oxygen atoms in total. The molecule has 1 aromatic carbocycles. The Morgan fingerprint density at radius 2 is 1.79 bits per heavy atom. The number of hydrogen-bond acceptors (Lipinski definition) is 2. The van der Waals surface area contributed by atoms with Crippen molar-refractivity contribution in [3.63, 3.8) is 0 Å². The van der Waals surface area contributed by atoms with Crippen LogP contribution in [0.1, 0.15) is 36.1 Å². The SMILES string of the molecule is Cc1ccc(C(O)(c2cccnc2)C(C)C)cc1C. The van der Waals surface area contributed by atoms with Gasteiger partial charge in [0.05, 0.1) is 0 Å². The summed E-state index contributed by atoms with van der Waals surface area (Å²) in [4.78, 5) is 4.14. The van der Waals surface area contributed by atoms with Gasteiger partial charge < -0.3 is 5.11 Å². The molecule has 1 atom stereocenters. The smallest absolute Gasteiger partial charge is 0.118 e. The molecule has 0 aliphatic rings. The monoisotopic (exact) mass is 255 g/mol. The van der Waals surface area contributed by atoms with Gasteiger partial charge in [0.25, 0.3) is 0 Å². The van der Waals surface area contributed by atoms with Crippen molar-refractivity contribution >= 4 is 0 Å². The molecule has 0 fully saturated rings. The van der Waals surface area contributed by atoms with Crippen LogP contribution in [-0.2, 0) is 5.60 Å². The molecule has 100 valence electrons. The summed E-state index contributed by atoms with van der Waals surface area (Å²) in [6, 6.07) is 9.94. The van der Waals surface area contributed by atoms with Gasteiger partial charge in [0.1, 0.15) is 5.60 Å². The molecule has 2 aromatic rings. The van der Waals surface area contributed by atoms with Crippen molar-refractivity contribution < 1.29 is 5.11 Å². The fourth-order valence-corrected chi connectivity index (χ4v) is 2.40. The van der Waals surface area contributed by atoms with Gasteiger partial charge in [0, 0.05) is 18.0 Å². The minimum Gasteiger partial charge on any atom is -0.380 e. The maximum atomic E-state index is 11.2. The van der Waals surface area contributed by atoms with Crippen molar-refractivity contribution in [2.75, 3.05) is 0 Å². The second-order valence-corrected chi connectivity index (χ2v) is 5.46. The van der Waals surface area contributed by atoms with E-state index in [1.54, 1.807) is 12.4 Å². The number of aryl methyl sites for hydroxylation is 2. The highest BCUT2D eigenvalue weighted by Crippen LogP contribution is 2.36. The Morgan fingerprint density at radius 3 is 2.32 bits per heavy atom. The molecule has 1 heterocycles. The van der Waals surface area contributed by atoms with E-state index in [0.717, 1.165) is 11.1 Å². The molecular formula is C17H21NO. The molecule has 0 saturated carbocycles. The van der Waals surface area contributed by atoms with Gasteiger partial charge in [-0.05, 0) is 42.5 Å². The standard InChI is InChI=1S/C17H21NO/c1-12(2)17(19,16-6-5-9-18-11-16)15-8-7-13(3)14(4)10-15/h5-12,19H,1-4H3. The fraction of sp³-hybridized carbons (Fsp3) is 0.353. The van der Waals surface area contributed by atoms with Gasteiger partial charge in [-0.1, -0.05) is 38.1 Å². The van der Waals surface area contributed by atoms with Crippen LogP contribution in [-0.4, -0.2) is 10.1 Å². The molecule has 19 heavy (non-hydrogen) atoms. The fourth-order valence-electron chi connectivity index (χ4n) is 2.40. The summed E-state index contributed by atoms with van der Waals surface area (Å²) in [5.41, 5.74) is 3.21. The first-order valence-corrected chi connectivity index (χ1v) is 6.67. The van der Waals surface area contributed by atoms with Crippen LogP contribution in [0.3, 0.4) is 0 Å². The molecule has 2 rings (SSSR count). The molecule has 0 amide bonds. The van der Waals surface area contributed by atoms with Gasteiger partial charge in [-0.15, -0.1) is 0 Å². The highest BCUT2D eigenvalue weighted by molar-refractivity contribution is 5.39. The van der Waals surface area contributed by atoms with Crippen LogP contribution in [0, 0.1) is 19.8 Å². The highest BCUT2D eigenvalue weighted by Gasteiger charge is 2.35. The molecule has 0 bridgehead atoms. The first-order chi connectivity index (χ1) is 8.96. The lowest BCUT2D eigenvalue weighted by Crippen LogP contribution is -2.33. The zero-order valence-corrected chi connectivity index (χ0v) is 12.0. The third-order valence-corrected chi connectivity index (χ3v) is 3.88. The van der Waals surface area contributed by atoms with Crippen LogP contribution in [0.15, 0.2) is 42.7 Å². The van der Waals surface area contributed by atoms with Gasteiger partial charge in [-0.25, -0.2) is 0 Å². The summed E-state index contributed by atoms with van der Waals surface area (Å²) < 4.78 is 0. The van der Waals surface area contributed by atoms with Crippen LogP contribution in [0.4, 0.5) is 0 Å². The average molecular weight is 255 g/mol. The number of benzene rings is 1. The Morgan fingerprint density at radius 1 is 1.05 bits per heavy atom. The number of aromatic nitrogens is 1. The Hall–Kier alpha value is -1.67. The van der Waals surface area contributed by atoms with Gasteiger partial charge in [0.2, 0.25) is 0 Å². The second kappa shape index (κ2) is 5.14. The van der Waals surface area contributed by atoms with E-state index < -0.39 is 5.60 Å². The number of hydrogen-bond donors (Lipinski definition) is 1. The summed E-state index contributed by atoms with van der Waals surface area (Å²) in [6.07, 6.45) is 3.47. The number of aliphatic hydroxyl groups is 1. The quantitative estimate of drug-likeness (QED) is 0.909. The van der Waals surface area contributed by atoms with E-state index in [0.29, 0.717) is 0 Å². The zero-order valence-electron chi connectivity index (χ0n) is 12.0. The van der Waals surface area contributed by atoms with Gasteiger partial charge in [0.15, 0.2) is 0 Å². The Balaban J connectivity index is 2.60. The van der Waals surface area contributed by atoms with Crippen LogP contribution < -0.4 is 0 Å². The number of pyridine rings is 1. The van der Waals surface area contributed by atoms with Gasteiger partial charge in [-0.2, -0.15) is 0 Å². The Bertz CT molecular complexity index is 563. The van der Waals surface area contributed by atoms with Crippen molar-refractivity contribution in [1.29, 1.82) is 0 Å². The summed E-state index contributed by atoms with van der Waals surface area (Å²) in [6.45, 7) is 8.21. The maximum absolute atomic E-state index is 11.2. The first-order valence-electron chi connectivity index (χ1n) is 6.67. The van der Waals surface area contributed by atoms with Crippen molar-refractivity contribution in [1.82, 2.24) is 4.98 Å². The first kappa shape index (κ1) is 13.8. The Kier molecular flexibility index (Phi) is 3.72. The number of rotatable bonds is 3. The minimum absolute atomic E-state index is 0.0683. The number of nitrogens with zero attached hydrogens (tertiary/aromatic N) is 1. The zero-order chi connectivity index (χ0) is 14.0. The largest absolute Gasteiger partial charge is 0.380 e. The van der Waals surface area contributed by atoms with Gasteiger partial charge >= 0.3 is 0 Å². The topological polar surface area (TPSA) is 33.1 Å². The van der Waals surface area contributed by atoms with E-state index in [-0.39, 0.29) is 5.92 Å². The second-order valence-electron chi connectivity index (χ2n) is 5.46. The lowest BCUT2D eigenvalue weighted by Gasteiger charge is -2.33. The summed E-state index contributed by atoms with van der Waals surface area (Å²) in [5, 5.41) is 11.2. The third-order valence-electron chi connectivity index (χ3n) is 3.88. The molecule has 1 unspecified atom stereocenters. The maximum Gasteiger partial charge on any atom is 0.118 e. The van der Waals surface area contributed by atoms with Crippen LogP contribution in [0.25, 0.3) is 0 Å². The lowest BCUT2D eigenvalue weighted by molar-refractivity contribution is 0.0314. The molecular weight excluding hydrogens is 234 g/mol. The average Bonchev–Trinajstić information content (AvgIpc) is 2.41. The predicted octanol–water partition coefficient (Wildman–Crippen LogP) is 3.59. The Labute approximate surface area is 115 Å². The van der Waals surface area contributed by atoms with E-state index in [1.807, 2.05) is 32.0 Å². The predicted molar refractivity (Wildman–Crippen MR) is 78.0 cm³/mol. The lowest BCUT2D eigenvalue weighted by atomic mass is 9.78. The van der Waals surface area contributed by atoms with Crippen molar-refractivity contribution in [2.45, 2.75) is 33.3 Å². The van der Waals surface area contributed by atoms with E-state index in [1.165, 1.54) is 11.1 Å². The summed E-state index contributed by atoms with van der Waals surface area (Å²) >= 11 is 0. The minimum atomic E-state index is -0.993. The summed E-state index contributed by atoms with van der Waals surface area (Å²) in [7, 11) is 0. The van der Waals surface area contributed by atoms with E-state index in [9.17, 15) is 5.11 Å². The highest BCUT2D eigenvalue weighted by atomic mass is 16.3. The molecule has 1 aromatic heterocycles. The van der Waals surface area contributed by atoms with Crippen molar-refractivity contribution in [3.05, 3.63) is 65.0 Å². The van der Waals surface area contributed by atoms with E-state index in [2.05, 4.69) is 31.0 Å². The summed E-state index contributed by atoms with van der Waals surface area (Å²) in [5.74, 6) is 0.0683. The van der Waals surface area contributed by atoms with Crippen LogP contribution in [0.2, 0.25) is 0 Å². The van der Waals surface area contributed by atoms with Crippen molar-refractivity contribution in [2.24, 2.45) is 5.92 Å². The van der Waals surface area contributed by atoms with E-state index in [4.69, 9.17) is 0 Å². The van der Waals surface area contributed by atoms with Crippen molar-refractivity contribution in [3.8, 4) is 0 Å². The van der Waals surface area contributed by atoms with Crippen LogP contribution in [0.5, 0.6) is 0 Å².